The predicted molar refractivity (Wildman–Crippen MR) is 117 cm³/mol. The van der Waals surface area contributed by atoms with Crippen LogP contribution in [0.4, 0.5) is 0 Å². The van der Waals surface area contributed by atoms with Crippen LogP contribution >= 0.6 is 15.9 Å². The highest BCUT2D eigenvalue weighted by molar-refractivity contribution is 9.10. The second-order valence-electron chi connectivity index (χ2n) is 7.76. The van der Waals surface area contributed by atoms with Crippen molar-refractivity contribution < 1.29 is 9.59 Å². The Bertz CT molecular complexity index is 862. The van der Waals surface area contributed by atoms with E-state index in [-0.39, 0.29) is 23.8 Å². The molecule has 29 heavy (non-hydrogen) atoms. The number of carbonyl (C=O) groups excluding carboxylic acids is 2. The maximum atomic E-state index is 13.3. The van der Waals surface area contributed by atoms with Gasteiger partial charge in [0.1, 0.15) is 0 Å². The molecule has 1 saturated heterocycles. The molecule has 2 unspecified atom stereocenters. The first-order valence-corrected chi connectivity index (χ1v) is 11.1. The van der Waals surface area contributed by atoms with Gasteiger partial charge in [0.25, 0.3) is 5.91 Å². The summed E-state index contributed by atoms with van der Waals surface area (Å²) in [6.45, 7) is 7.23. The molecule has 1 aromatic heterocycles. The van der Waals surface area contributed by atoms with Gasteiger partial charge in [-0.1, -0.05) is 29.3 Å². The fraction of sp³-hybridized carbons (Fsp3) is 0.500. The van der Waals surface area contributed by atoms with E-state index < -0.39 is 0 Å². The van der Waals surface area contributed by atoms with Gasteiger partial charge in [-0.3, -0.25) is 9.59 Å². The Morgan fingerprint density at radius 2 is 1.97 bits per heavy atom. The van der Waals surface area contributed by atoms with Crippen molar-refractivity contribution in [1.29, 1.82) is 0 Å². The maximum Gasteiger partial charge on any atom is 0.257 e. The third-order valence-corrected chi connectivity index (χ3v) is 6.18. The molecule has 0 radical (unpaired) electrons. The van der Waals surface area contributed by atoms with Crippen LogP contribution in [0.5, 0.6) is 0 Å². The zero-order valence-corrected chi connectivity index (χ0v) is 18.9. The minimum atomic E-state index is -0.145. The third kappa shape index (κ3) is 4.89. The fourth-order valence-electron chi connectivity index (χ4n) is 3.75. The third-order valence-electron chi connectivity index (χ3n) is 5.65. The van der Waals surface area contributed by atoms with Crippen LogP contribution in [-0.2, 0) is 4.79 Å². The number of unbranched alkanes of at least 4 members (excludes halogenated alkanes) is 1. The molecule has 7 heteroatoms. The highest BCUT2D eigenvalue weighted by atomic mass is 79.9. The van der Waals surface area contributed by atoms with E-state index in [0.717, 1.165) is 41.5 Å². The van der Waals surface area contributed by atoms with Gasteiger partial charge in [-0.15, -0.1) is 0 Å². The molecule has 2 amide bonds. The zero-order valence-electron chi connectivity index (χ0n) is 17.3. The highest BCUT2D eigenvalue weighted by Crippen LogP contribution is 2.25. The second kappa shape index (κ2) is 9.57. The van der Waals surface area contributed by atoms with E-state index in [1.54, 1.807) is 10.9 Å². The van der Waals surface area contributed by atoms with E-state index >= 15 is 0 Å². The number of amides is 2. The van der Waals surface area contributed by atoms with Crippen LogP contribution in [0.25, 0.3) is 5.69 Å². The molecular weight excluding hydrogens is 432 g/mol. The predicted octanol–water partition coefficient (Wildman–Crippen LogP) is 4.10. The average molecular weight is 461 g/mol. The molecule has 0 saturated carbocycles. The summed E-state index contributed by atoms with van der Waals surface area (Å²) >= 11 is 3.44. The van der Waals surface area contributed by atoms with Gasteiger partial charge in [0, 0.05) is 23.6 Å². The Morgan fingerprint density at radius 3 is 2.66 bits per heavy atom. The van der Waals surface area contributed by atoms with Crippen LogP contribution in [0.3, 0.4) is 0 Å². The van der Waals surface area contributed by atoms with E-state index in [4.69, 9.17) is 0 Å². The summed E-state index contributed by atoms with van der Waals surface area (Å²) in [6, 6.07) is 7.92. The quantitative estimate of drug-likeness (QED) is 0.659. The summed E-state index contributed by atoms with van der Waals surface area (Å²) in [5, 5.41) is 7.45. The molecule has 1 N–H and O–H groups in total. The number of likely N-dealkylation sites (tertiary alicyclic amines) is 1. The number of carbonyl (C=O) groups is 2. The van der Waals surface area contributed by atoms with E-state index in [2.05, 4.69) is 40.2 Å². The molecule has 1 aliphatic rings. The van der Waals surface area contributed by atoms with Gasteiger partial charge in [0.05, 0.1) is 29.1 Å². The number of aromatic nitrogens is 2. The molecule has 1 aromatic carbocycles. The molecular formula is C22H29BrN4O2. The fourth-order valence-corrected chi connectivity index (χ4v) is 4.02. The van der Waals surface area contributed by atoms with Crippen LogP contribution < -0.4 is 5.32 Å². The normalized spacial score (nSPS) is 19.2. The summed E-state index contributed by atoms with van der Waals surface area (Å²) in [6.07, 6.45) is 5.31. The molecule has 2 heterocycles. The number of benzene rings is 1. The molecule has 0 spiro atoms. The highest BCUT2D eigenvalue weighted by Gasteiger charge is 2.34. The summed E-state index contributed by atoms with van der Waals surface area (Å²) in [4.78, 5) is 27.6. The first-order valence-electron chi connectivity index (χ1n) is 10.3. The largest absolute Gasteiger partial charge is 0.356 e. The van der Waals surface area contributed by atoms with Crippen molar-refractivity contribution in [3.05, 3.63) is 46.2 Å². The topological polar surface area (TPSA) is 67.2 Å². The molecule has 2 atom stereocenters. The van der Waals surface area contributed by atoms with Crippen molar-refractivity contribution in [1.82, 2.24) is 20.0 Å². The van der Waals surface area contributed by atoms with Crippen molar-refractivity contribution in [2.45, 2.75) is 52.5 Å². The van der Waals surface area contributed by atoms with Gasteiger partial charge in [-0.25, -0.2) is 4.68 Å². The molecule has 1 aliphatic heterocycles. The van der Waals surface area contributed by atoms with Crippen molar-refractivity contribution in [2.24, 2.45) is 5.92 Å². The van der Waals surface area contributed by atoms with Crippen molar-refractivity contribution in [2.75, 3.05) is 13.1 Å². The van der Waals surface area contributed by atoms with Gasteiger partial charge < -0.3 is 10.2 Å². The average Bonchev–Trinajstić information content (AvgIpc) is 3.10. The van der Waals surface area contributed by atoms with E-state index in [0.29, 0.717) is 18.7 Å². The van der Waals surface area contributed by atoms with Crippen LogP contribution in [-0.4, -0.2) is 45.6 Å². The Labute approximate surface area is 180 Å². The molecule has 0 bridgehead atoms. The summed E-state index contributed by atoms with van der Waals surface area (Å²) < 4.78 is 2.77. The Morgan fingerprint density at radius 1 is 1.24 bits per heavy atom. The molecule has 0 aliphatic carbocycles. The number of nitrogens with zero attached hydrogens (tertiary/aromatic N) is 3. The smallest absolute Gasteiger partial charge is 0.257 e. The SMILES string of the molecule is CCCCNC(=O)C1CCC(C)N(C(=O)c2cnn(-c3ccc(Br)cc3)c2C)C1. The lowest BCUT2D eigenvalue weighted by molar-refractivity contribution is -0.126. The van der Waals surface area contributed by atoms with Crippen LogP contribution in [0.2, 0.25) is 0 Å². The number of nitrogens with one attached hydrogen (secondary N) is 1. The maximum absolute atomic E-state index is 13.3. The lowest BCUT2D eigenvalue weighted by Crippen LogP contribution is -2.49. The zero-order chi connectivity index (χ0) is 21.0. The Balaban J connectivity index is 1.75. The number of halogens is 1. The standard InChI is InChI=1S/C22H29BrN4O2/c1-4-5-12-24-21(28)17-7-6-15(2)26(14-17)22(29)20-13-25-27(16(20)3)19-10-8-18(23)9-11-19/h8-11,13,15,17H,4-7,12,14H2,1-3H3,(H,24,28). The molecule has 1 fully saturated rings. The van der Waals surface area contributed by atoms with Crippen molar-refractivity contribution in [3.63, 3.8) is 0 Å². The van der Waals surface area contributed by atoms with Crippen LogP contribution in [0.15, 0.2) is 34.9 Å². The minimum absolute atomic E-state index is 0.0515. The van der Waals surface area contributed by atoms with E-state index in [1.807, 2.05) is 36.1 Å². The minimum Gasteiger partial charge on any atom is -0.356 e. The molecule has 3 rings (SSSR count). The van der Waals surface area contributed by atoms with Crippen LogP contribution in [0.1, 0.15) is 55.6 Å². The van der Waals surface area contributed by atoms with Crippen molar-refractivity contribution >= 4 is 27.7 Å². The number of hydrogen-bond donors (Lipinski definition) is 1. The Kier molecular flexibility index (Phi) is 7.11. The van der Waals surface area contributed by atoms with E-state index in [1.165, 1.54) is 0 Å². The lowest BCUT2D eigenvalue weighted by Gasteiger charge is -2.37. The number of hydrogen-bond acceptors (Lipinski definition) is 3. The van der Waals surface area contributed by atoms with Gasteiger partial charge in [-0.05, 0) is 57.4 Å². The molecule has 6 nitrogen and oxygen atoms in total. The van der Waals surface area contributed by atoms with Gasteiger partial charge in [0.15, 0.2) is 0 Å². The molecule has 156 valence electrons. The van der Waals surface area contributed by atoms with Crippen LogP contribution in [0, 0.1) is 12.8 Å². The summed E-state index contributed by atoms with van der Waals surface area (Å²) in [5.74, 6) is -0.135. The van der Waals surface area contributed by atoms with E-state index in [9.17, 15) is 9.59 Å². The molecule has 2 aromatic rings. The summed E-state index contributed by atoms with van der Waals surface area (Å²) in [7, 11) is 0. The first kappa shape index (κ1) is 21.6. The van der Waals surface area contributed by atoms with Gasteiger partial charge in [0.2, 0.25) is 5.91 Å². The number of rotatable bonds is 6. The monoisotopic (exact) mass is 460 g/mol. The number of piperidine rings is 1. The first-order chi connectivity index (χ1) is 13.9. The Hall–Kier alpha value is -2.15. The van der Waals surface area contributed by atoms with Crippen molar-refractivity contribution in [3.8, 4) is 5.69 Å². The van der Waals surface area contributed by atoms with Gasteiger partial charge in [-0.2, -0.15) is 5.10 Å². The summed E-state index contributed by atoms with van der Waals surface area (Å²) in [5.41, 5.74) is 2.30. The lowest BCUT2D eigenvalue weighted by atomic mass is 9.92. The van der Waals surface area contributed by atoms with Gasteiger partial charge >= 0.3 is 0 Å². The second-order valence-corrected chi connectivity index (χ2v) is 8.67.